The number of carbonyl (C=O) groups excluding carboxylic acids is 4. The molecule has 0 unspecified atom stereocenters. The molecule has 1 atom stereocenters. The minimum absolute atomic E-state index is 0.0514. The van der Waals surface area contributed by atoms with Gasteiger partial charge in [0.25, 0.3) is 5.91 Å². The van der Waals surface area contributed by atoms with Crippen LogP contribution in [0, 0.1) is 0 Å². The SMILES string of the molecule is CNc1ncnc2ncc(CN(C)c3ccc(C(=O)N[C@@H](CCC(=O)NCC(=O)NC(C)(C)CO)C(=O)OC(C)(C)C)cc3)nc12. The van der Waals surface area contributed by atoms with Crippen molar-refractivity contribution in [1.29, 1.82) is 0 Å². The molecule has 0 aliphatic rings. The Hall–Kier alpha value is -4.92. The summed E-state index contributed by atoms with van der Waals surface area (Å²) in [5.41, 5.74) is 1.21. The van der Waals surface area contributed by atoms with E-state index in [1.165, 1.54) is 6.33 Å². The van der Waals surface area contributed by atoms with Crippen molar-refractivity contribution in [3.63, 3.8) is 0 Å². The molecule has 0 saturated carbocycles. The summed E-state index contributed by atoms with van der Waals surface area (Å²) in [6.07, 6.45) is 2.87. The zero-order valence-electron chi connectivity index (χ0n) is 27.3. The van der Waals surface area contributed by atoms with Crippen LogP contribution in [0.4, 0.5) is 11.5 Å². The van der Waals surface area contributed by atoms with Crippen molar-refractivity contribution in [2.75, 3.05) is 37.5 Å². The van der Waals surface area contributed by atoms with Crippen molar-refractivity contribution in [2.24, 2.45) is 0 Å². The fourth-order valence-corrected chi connectivity index (χ4v) is 4.20. The van der Waals surface area contributed by atoms with Gasteiger partial charge in [0, 0.05) is 31.8 Å². The molecule has 2 aromatic heterocycles. The zero-order chi connectivity index (χ0) is 34.1. The van der Waals surface area contributed by atoms with Gasteiger partial charge in [-0.25, -0.2) is 24.7 Å². The highest BCUT2D eigenvalue weighted by molar-refractivity contribution is 5.97. The number of carbonyl (C=O) groups is 4. The Morgan fingerprint density at radius 2 is 1.70 bits per heavy atom. The van der Waals surface area contributed by atoms with Crippen LogP contribution in [0.1, 0.15) is 63.5 Å². The maximum absolute atomic E-state index is 13.2. The van der Waals surface area contributed by atoms with Crippen LogP contribution in [-0.4, -0.2) is 93.2 Å². The van der Waals surface area contributed by atoms with Gasteiger partial charge >= 0.3 is 5.97 Å². The molecule has 3 aromatic rings. The van der Waals surface area contributed by atoms with E-state index in [2.05, 4.69) is 41.2 Å². The average molecular weight is 638 g/mol. The fraction of sp³-hybridized carbons (Fsp3) is 0.484. The Morgan fingerprint density at radius 3 is 2.33 bits per heavy atom. The van der Waals surface area contributed by atoms with Gasteiger partial charge in [0.2, 0.25) is 11.8 Å². The number of nitrogens with one attached hydrogen (secondary N) is 4. The van der Waals surface area contributed by atoms with Gasteiger partial charge in [0.05, 0.1) is 37.1 Å². The Bertz CT molecular complexity index is 1540. The van der Waals surface area contributed by atoms with Crippen LogP contribution in [0.5, 0.6) is 0 Å². The highest BCUT2D eigenvalue weighted by atomic mass is 16.6. The topological polar surface area (TPSA) is 201 Å². The number of benzene rings is 1. The van der Waals surface area contributed by atoms with Gasteiger partial charge in [0.1, 0.15) is 18.0 Å². The van der Waals surface area contributed by atoms with Gasteiger partial charge in [0.15, 0.2) is 17.0 Å². The van der Waals surface area contributed by atoms with E-state index in [0.29, 0.717) is 34.8 Å². The molecule has 0 aliphatic heterocycles. The van der Waals surface area contributed by atoms with Gasteiger partial charge < -0.3 is 36.0 Å². The molecule has 3 amide bonds. The van der Waals surface area contributed by atoms with E-state index in [9.17, 15) is 24.3 Å². The quantitative estimate of drug-likeness (QED) is 0.159. The van der Waals surface area contributed by atoms with Crippen LogP contribution in [0.2, 0.25) is 0 Å². The van der Waals surface area contributed by atoms with Crippen molar-refractivity contribution in [2.45, 2.75) is 71.2 Å². The number of hydrogen-bond acceptors (Lipinski definition) is 12. The van der Waals surface area contributed by atoms with Crippen molar-refractivity contribution < 1.29 is 29.0 Å². The Kier molecular flexibility index (Phi) is 11.9. The molecule has 5 N–H and O–H groups in total. The van der Waals surface area contributed by atoms with Crippen LogP contribution in [0.25, 0.3) is 11.2 Å². The summed E-state index contributed by atoms with van der Waals surface area (Å²) >= 11 is 0. The number of amides is 3. The zero-order valence-corrected chi connectivity index (χ0v) is 27.3. The standard InChI is InChI=1S/C31H43N9O6/c1-30(2,3)46-29(45)22(12-13-23(42)33-15-24(43)39-31(4,5)17-41)38-28(44)19-8-10-21(11-9-19)40(7)16-20-14-34-27-25(37-20)26(32-6)35-18-36-27/h8-11,14,18,22,41H,12-13,15-17H2,1-7H3,(H,33,42)(H,38,44)(H,39,43)(H,32,34,35,36)/t22-/m0/s1. The number of fused-ring (bicyclic) bond motifs is 1. The molecule has 0 aliphatic carbocycles. The van der Waals surface area contributed by atoms with E-state index in [4.69, 9.17) is 4.74 Å². The molecule has 0 radical (unpaired) electrons. The van der Waals surface area contributed by atoms with Crippen LogP contribution < -0.4 is 26.2 Å². The third kappa shape index (κ3) is 10.6. The second kappa shape index (κ2) is 15.4. The molecule has 46 heavy (non-hydrogen) atoms. The van der Waals surface area contributed by atoms with Crippen molar-refractivity contribution in [3.8, 4) is 0 Å². The Labute approximate surface area is 267 Å². The molecule has 0 spiro atoms. The molecular formula is C31H43N9O6. The summed E-state index contributed by atoms with van der Waals surface area (Å²) in [6.45, 7) is 8.26. The van der Waals surface area contributed by atoms with E-state index < -0.39 is 40.9 Å². The Morgan fingerprint density at radius 1 is 1.00 bits per heavy atom. The summed E-state index contributed by atoms with van der Waals surface area (Å²) in [5.74, 6) is -1.58. The minimum atomic E-state index is -1.11. The van der Waals surface area contributed by atoms with Crippen LogP contribution in [0.15, 0.2) is 36.8 Å². The summed E-state index contributed by atoms with van der Waals surface area (Å²) in [5, 5.41) is 20.0. The third-order valence-corrected chi connectivity index (χ3v) is 6.58. The molecule has 0 saturated heterocycles. The van der Waals surface area contributed by atoms with Crippen molar-refractivity contribution in [1.82, 2.24) is 35.9 Å². The van der Waals surface area contributed by atoms with E-state index in [1.807, 2.05) is 11.9 Å². The summed E-state index contributed by atoms with van der Waals surface area (Å²) in [7, 11) is 3.63. The van der Waals surface area contributed by atoms with E-state index in [1.54, 1.807) is 72.1 Å². The minimum Gasteiger partial charge on any atom is -0.458 e. The van der Waals surface area contributed by atoms with Crippen molar-refractivity contribution in [3.05, 3.63) is 48.0 Å². The van der Waals surface area contributed by atoms with Crippen LogP contribution >= 0.6 is 0 Å². The van der Waals surface area contributed by atoms with E-state index in [-0.39, 0.29) is 26.0 Å². The first kappa shape index (κ1) is 35.6. The van der Waals surface area contributed by atoms with Crippen molar-refractivity contribution >= 4 is 46.4 Å². The highest BCUT2D eigenvalue weighted by Gasteiger charge is 2.28. The predicted octanol–water partition coefficient (Wildman–Crippen LogP) is 1.32. The number of rotatable bonds is 14. The third-order valence-electron chi connectivity index (χ3n) is 6.58. The summed E-state index contributed by atoms with van der Waals surface area (Å²) < 4.78 is 5.48. The van der Waals surface area contributed by atoms with Gasteiger partial charge in [-0.1, -0.05) is 0 Å². The number of esters is 1. The van der Waals surface area contributed by atoms with Crippen LogP contribution in [-0.2, 0) is 25.7 Å². The highest BCUT2D eigenvalue weighted by Crippen LogP contribution is 2.19. The summed E-state index contributed by atoms with van der Waals surface area (Å²) in [4.78, 5) is 69.9. The number of ether oxygens (including phenoxy) is 1. The number of aliphatic hydroxyl groups excluding tert-OH is 1. The lowest BCUT2D eigenvalue weighted by Gasteiger charge is -2.25. The lowest BCUT2D eigenvalue weighted by Crippen LogP contribution is -2.50. The second-order valence-electron chi connectivity index (χ2n) is 12.4. The maximum Gasteiger partial charge on any atom is 0.329 e. The number of aliphatic hydroxyl groups is 1. The van der Waals surface area contributed by atoms with Gasteiger partial charge in [-0.15, -0.1) is 0 Å². The molecule has 15 nitrogen and oxygen atoms in total. The molecule has 1 aromatic carbocycles. The first-order valence-corrected chi connectivity index (χ1v) is 14.8. The monoisotopic (exact) mass is 637 g/mol. The maximum atomic E-state index is 13.2. The van der Waals surface area contributed by atoms with Crippen LogP contribution in [0.3, 0.4) is 0 Å². The largest absolute Gasteiger partial charge is 0.458 e. The Balaban J connectivity index is 1.63. The first-order chi connectivity index (χ1) is 21.6. The normalized spacial score (nSPS) is 12.2. The molecular weight excluding hydrogens is 594 g/mol. The second-order valence-corrected chi connectivity index (χ2v) is 12.4. The van der Waals surface area contributed by atoms with E-state index >= 15 is 0 Å². The summed E-state index contributed by atoms with van der Waals surface area (Å²) in [6, 6.07) is 5.69. The number of anilines is 2. The average Bonchev–Trinajstić information content (AvgIpc) is 3.00. The molecule has 2 heterocycles. The number of nitrogens with zero attached hydrogens (tertiary/aromatic N) is 5. The van der Waals surface area contributed by atoms with Gasteiger partial charge in [-0.3, -0.25) is 14.4 Å². The molecule has 15 heteroatoms. The van der Waals surface area contributed by atoms with Gasteiger partial charge in [-0.2, -0.15) is 0 Å². The molecule has 248 valence electrons. The van der Waals surface area contributed by atoms with Gasteiger partial charge in [-0.05, 0) is 65.3 Å². The number of aromatic nitrogens is 4. The lowest BCUT2D eigenvalue weighted by molar-refractivity contribution is -0.157. The number of hydrogen-bond donors (Lipinski definition) is 5. The predicted molar refractivity (Wildman–Crippen MR) is 172 cm³/mol. The smallest absolute Gasteiger partial charge is 0.329 e. The van der Waals surface area contributed by atoms with E-state index in [0.717, 1.165) is 5.69 Å². The molecule has 0 bridgehead atoms. The molecule has 3 rings (SSSR count). The fourth-order valence-electron chi connectivity index (χ4n) is 4.20. The first-order valence-electron chi connectivity index (χ1n) is 14.8. The molecule has 0 fully saturated rings. The lowest BCUT2D eigenvalue weighted by atomic mass is 10.1.